The van der Waals surface area contributed by atoms with Crippen molar-refractivity contribution in [2.75, 3.05) is 14.2 Å². The van der Waals surface area contributed by atoms with Gasteiger partial charge in [-0.25, -0.2) is 4.79 Å². The molecule has 0 aliphatic rings. The minimum Gasteiger partial charge on any atom is -0.507 e. The van der Waals surface area contributed by atoms with E-state index >= 15 is 0 Å². The molecule has 4 aromatic rings. The largest absolute Gasteiger partial charge is 0.507 e. The van der Waals surface area contributed by atoms with E-state index in [0.717, 1.165) is 10.8 Å². The van der Waals surface area contributed by atoms with Crippen LogP contribution in [-0.4, -0.2) is 30.4 Å². The minimum absolute atomic E-state index is 0.00753. The lowest BCUT2D eigenvalue weighted by molar-refractivity contribution is 0.0597. The van der Waals surface area contributed by atoms with Crippen LogP contribution in [0, 0.1) is 0 Å². The molecule has 4 rings (SSSR count). The summed E-state index contributed by atoms with van der Waals surface area (Å²) in [4.78, 5) is 12.3. The summed E-state index contributed by atoms with van der Waals surface area (Å²) in [5.74, 6) is -0.283. The molecule has 0 saturated heterocycles. The van der Waals surface area contributed by atoms with Gasteiger partial charge in [0.25, 0.3) is 0 Å². The molecule has 0 aliphatic carbocycles. The van der Waals surface area contributed by atoms with Gasteiger partial charge in [0, 0.05) is 11.1 Å². The maximum atomic E-state index is 12.3. The fourth-order valence-corrected chi connectivity index (χ4v) is 3.54. The summed E-state index contributed by atoms with van der Waals surface area (Å²) in [5.41, 5.74) is 0.844. The molecular formula is C23H18O5. The van der Waals surface area contributed by atoms with Crippen molar-refractivity contribution in [1.29, 1.82) is 0 Å². The predicted molar refractivity (Wildman–Crippen MR) is 108 cm³/mol. The zero-order valence-electron chi connectivity index (χ0n) is 15.4. The first-order valence-corrected chi connectivity index (χ1v) is 8.68. The molecule has 0 amide bonds. The number of hydrogen-bond acceptors (Lipinski definition) is 5. The van der Waals surface area contributed by atoms with Gasteiger partial charge in [-0.15, -0.1) is 0 Å². The van der Waals surface area contributed by atoms with Gasteiger partial charge in [0.05, 0.1) is 14.2 Å². The summed E-state index contributed by atoms with van der Waals surface area (Å²) in [6, 6.07) is 17.8. The lowest BCUT2D eigenvalue weighted by Crippen LogP contribution is -2.03. The summed E-state index contributed by atoms with van der Waals surface area (Å²) < 4.78 is 10.1. The van der Waals surface area contributed by atoms with Crippen LogP contribution in [0.2, 0.25) is 0 Å². The molecule has 0 bridgehead atoms. The van der Waals surface area contributed by atoms with E-state index in [1.165, 1.54) is 7.11 Å². The van der Waals surface area contributed by atoms with Crippen LogP contribution in [0.25, 0.3) is 32.7 Å². The normalized spacial score (nSPS) is 10.9. The molecule has 5 heteroatoms. The van der Waals surface area contributed by atoms with E-state index in [2.05, 4.69) is 0 Å². The van der Waals surface area contributed by atoms with Gasteiger partial charge in [-0.3, -0.25) is 0 Å². The molecule has 0 spiro atoms. The van der Waals surface area contributed by atoms with Gasteiger partial charge in [0.2, 0.25) is 0 Å². The van der Waals surface area contributed by atoms with Crippen LogP contribution in [0.4, 0.5) is 0 Å². The molecule has 0 aromatic heterocycles. The van der Waals surface area contributed by atoms with Crippen molar-refractivity contribution in [2.45, 2.75) is 0 Å². The van der Waals surface area contributed by atoms with Crippen LogP contribution in [-0.2, 0) is 4.74 Å². The van der Waals surface area contributed by atoms with Crippen molar-refractivity contribution in [3.05, 3.63) is 66.2 Å². The van der Waals surface area contributed by atoms with Gasteiger partial charge in [-0.05, 0) is 51.9 Å². The van der Waals surface area contributed by atoms with E-state index in [4.69, 9.17) is 9.47 Å². The Labute approximate surface area is 161 Å². The molecular weight excluding hydrogens is 356 g/mol. The molecule has 0 atom stereocenters. The average Bonchev–Trinajstić information content (AvgIpc) is 2.73. The molecule has 0 radical (unpaired) electrons. The Morgan fingerprint density at radius 1 is 0.821 bits per heavy atom. The fourth-order valence-electron chi connectivity index (χ4n) is 3.54. The van der Waals surface area contributed by atoms with Crippen molar-refractivity contribution < 1.29 is 24.5 Å². The third kappa shape index (κ3) is 2.68. The highest BCUT2D eigenvalue weighted by Gasteiger charge is 2.23. The number of carbonyl (C=O) groups excluding carboxylic acids is 1. The fraction of sp³-hybridized carbons (Fsp3) is 0.0870. The molecule has 140 valence electrons. The highest BCUT2D eigenvalue weighted by Crippen LogP contribution is 2.46. The third-order valence-corrected chi connectivity index (χ3v) is 4.88. The SMILES string of the molecule is COC(=O)c1cc2cc(OC)ccc2c(-c2c(O)ccc3ccccc23)c1O. The average molecular weight is 374 g/mol. The first kappa shape index (κ1) is 17.7. The number of phenols is 2. The van der Waals surface area contributed by atoms with Crippen LogP contribution in [0.5, 0.6) is 17.2 Å². The number of carbonyl (C=O) groups is 1. The third-order valence-electron chi connectivity index (χ3n) is 4.88. The number of hydrogen-bond donors (Lipinski definition) is 2. The number of methoxy groups -OCH3 is 2. The number of fused-ring (bicyclic) bond motifs is 2. The Morgan fingerprint density at radius 3 is 2.32 bits per heavy atom. The Kier molecular flexibility index (Phi) is 4.28. The van der Waals surface area contributed by atoms with Crippen LogP contribution in [0.3, 0.4) is 0 Å². The summed E-state index contributed by atoms with van der Waals surface area (Å²) in [6.45, 7) is 0. The molecule has 0 unspecified atom stereocenters. The molecule has 4 aromatic carbocycles. The highest BCUT2D eigenvalue weighted by atomic mass is 16.5. The van der Waals surface area contributed by atoms with Crippen LogP contribution in [0.1, 0.15) is 10.4 Å². The molecule has 28 heavy (non-hydrogen) atoms. The topological polar surface area (TPSA) is 76.0 Å². The number of benzene rings is 4. The second kappa shape index (κ2) is 6.78. The second-order valence-electron chi connectivity index (χ2n) is 6.41. The maximum absolute atomic E-state index is 12.3. The summed E-state index contributed by atoms with van der Waals surface area (Å²) in [7, 11) is 2.81. The van der Waals surface area contributed by atoms with Gasteiger partial charge in [-0.1, -0.05) is 30.3 Å². The second-order valence-corrected chi connectivity index (χ2v) is 6.41. The van der Waals surface area contributed by atoms with Crippen LogP contribution < -0.4 is 4.74 Å². The van der Waals surface area contributed by atoms with E-state index in [0.29, 0.717) is 27.6 Å². The van der Waals surface area contributed by atoms with Gasteiger partial charge in [0.15, 0.2) is 0 Å². The van der Waals surface area contributed by atoms with E-state index in [9.17, 15) is 15.0 Å². The molecule has 0 fully saturated rings. The van der Waals surface area contributed by atoms with Crippen molar-refractivity contribution in [3.63, 3.8) is 0 Å². The standard InChI is InChI=1S/C23H18O5/c1-27-15-8-9-17-14(11-15)12-18(23(26)28-2)22(25)21(17)20-16-6-4-3-5-13(16)7-10-19(20)24/h3-12,24-25H,1-2H3. The van der Waals surface area contributed by atoms with Crippen LogP contribution >= 0.6 is 0 Å². The highest BCUT2D eigenvalue weighted by molar-refractivity contribution is 6.13. The van der Waals surface area contributed by atoms with Crippen LogP contribution in [0.15, 0.2) is 60.7 Å². The summed E-state index contributed by atoms with van der Waals surface area (Å²) in [5, 5.41) is 24.7. The smallest absolute Gasteiger partial charge is 0.341 e. The number of phenolic OH excluding ortho intramolecular Hbond substituents is 2. The number of rotatable bonds is 3. The molecule has 0 heterocycles. The van der Waals surface area contributed by atoms with Gasteiger partial charge < -0.3 is 19.7 Å². The Hall–Kier alpha value is -3.73. The van der Waals surface area contributed by atoms with E-state index in [1.807, 2.05) is 24.3 Å². The van der Waals surface area contributed by atoms with Crippen molar-refractivity contribution in [3.8, 4) is 28.4 Å². The Bertz CT molecular complexity index is 1230. The molecule has 0 aliphatic heterocycles. The first-order valence-electron chi connectivity index (χ1n) is 8.68. The molecule has 5 nitrogen and oxygen atoms in total. The van der Waals surface area contributed by atoms with E-state index in [-0.39, 0.29) is 17.1 Å². The maximum Gasteiger partial charge on any atom is 0.341 e. The van der Waals surface area contributed by atoms with Gasteiger partial charge in [0.1, 0.15) is 22.8 Å². The zero-order chi connectivity index (χ0) is 19.8. The van der Waals surface area contributed by atoms with E-state index < -0.39 is 5.97 Å². The van der Waals surface area contributed by atoms with Crippen molar-refractivity contribution >= 4 is 27.5 Å². The number of esters is 1. The summed E-state index contributed by atoms with van der Waals surface area (Å²) >= 11 is 0. The summed E-state index contributed by atoms with van der Waals surface area (Å²) in [6.07, 6.45) is 0. The lowest BCUT2D eigenvalue weighted by Gasteiger charge is -2.16. The first-order chi connectivity index (χ1) is 13.5. The Balaban J connectivity index is 2.19. The number of aromatic hydroxyl groups is 2. The lowest BCUT2D eigenvalue weighted by atomic mass is 9.90. The predicted octanol–water partition coefficient (Wildman–Crippen LogP) is 4.87. The van der Waals surface area contributed by atoms with Crippen molar-refractivity contribution in [1.82, 2.24) is 0 Å². The number of ether oxygens (including phenoxy) is 2. The zero-order valence-corrected chi connectivity index (χ0v) is 15.4. The monoisotopic (exact) mass is 374 g/mol. The molecule has 2 N–H and O–H groups in total. The van der Waals surface area contributed by atoms with Gasteiger partial charge >= 0.3 is 5.97 Å². The van der Waals surface area contributed by atoms with Gasteiger partial charge in [-0.2, -0.15) is 0 Å². The van der Waals surface area contributed by atoms with E-state index in [1.54, 1.807) is 43.5 Å². The quantitative estimate of drug-likeness (QED) is 0.501. The molecule has 0 saturated carbocycles. The van der Waals surface area contributed by atoms with Crippen molar-refractivity contribution in [2.24, 2.45) is 0 Å². The minimum atomic E-state index is -0.664. The Morgan fingerprint density at radius 2 is 1.57 bits per heavy atom.